The van der Waals surface area contributed by atoms with Gasteiger partial charge in [0.1, 0.15) is 5.82 Å². The number of pyridine rings is 1. The molecule has 0 unspecified atom stereocenters. The lowest BCUT2D eigenvalue weighted by Crippen LogP contribution is -2.01. The lowest BCUT2D eigenvalue weighted by Gasteiger charge is -2.08. The zero-order valence-corrected chi connectivity index (χ0v) is 10.7. The molecule has 0 saturated heterocycles. The molecule has 0 bridgehead atoms. The van der Waals surface area contributed by atoms with Crippen LogP contribution < -0.4 is 11.1 Å². The summed E-state index contributed by atoms with van der Waals surface area (Å²) in [5, 5.41) is 13.7. The van der Waals surface area contributed by atoms with Crippen LogP contribution in [-0.2, 0) is 0 Å². The van der Waals surface area contributed by atoms with E-state index in [2.05, 4.69) is 10.3 Å². The maximum atomic E-state index is 10.6. The van der Waals surface area contributed by atoms with E-state index in [-0.39, 0.29) is 11.5 Å². The Bertz CT molecular complexity index is 641. The number of nitrogens with zero attached hydrogens (tertiary/aromatic N) is 2. The molecule has 0 amide bonds. The highest BCUT2D eigenvalue weighted by molar-refractivity contribution is 5.63. The van der Waals surface area contributed by atoms with Gasteiger partial charge in [0.25, 0.3) is 0 Å². The number of rotatable bonds is 3. The third-order valence-corrected chi connectivity index (χ3v) is 2.88. The molecular formula is C13H14N4O2. The Balaban J connectivity index is 2.26. The number of hydrogen-bond acceptors (Lipinski definition) is 5. The molecule has 6 nitrogen and oxygen atoms in total. The van der Waals surface area contributed by atoms with Crippen LogP contribution in [0.3, 0.4) is 0 Å². The van der Waals surface area contributed by atoms with Gasteiger partial charge in [-0.1, -0.05) is 6.07 Å². The third-order valence-electron chi connectivity index (χ3n) is 2.88. The topological polar surface area (TPSA) is 94.1 Å². The fourth-order valence-corrected chi connectivity index (χ4v) is 1.66. The summed E-state index contributed by atoms with van der Waals surface area (Å²) < 4.78 is 0. The van der Waals surface area contributed by atoms with Gasteiger partial charge in [0.2, 0.25) is 5.82 Å². The monoisotopic (exact) mass is 258 g/mol. The van der Waals surface area contributed by atoms with Crippen LogP contribution >= 0.6 is 0 Å². The zero-order chi connectivity index (χ0) is 14.0. The van der Waals surface area contributed by atoms with E-state index >= 15 is 0 Å². The first-order chi connectivity index (χ1) is 8.97. The van der Waals surface area contributed by atoms with Crippen molar-refractivity contribution in [3.63, 3.8) is 0 Å². The van der Waals surface area contributed by atoms with Crippen molar-refractivity contribution in [3.8, 4) is 0 Å². The van der Waals surface area contributed by atoms with Gasteiger partial charge in [-0.2, -0.15) is 0 Å². The first kappa shape index (κ1) is 12.8. The number of nitrogen functional groups attached to an aromatic ring is 1. The average molecular weight is 258 g/mol. The van der Waals surface area contributed by atoms with Crippen LogP contribution in [0, 0.1) is 24.0 Å². The van der Waals surface area contributed by atoms with Crippen LogP contribution in [-0.4, -0.2) is 9.91 Å². The molecule has 2 rings (SSSR count). The van der Waals surface area contributed by atoms with Crippen molar-refractivity contribution < 1.29 is 4.92 Å². The van der Waals surface area contributed by atoms with E-state index in [1.165, 1.54) is 17.7 Å². The molecule has 3 N–H and O–H groups in total. The minimum absolute atomic E-state index is 0.0983. The third kappa shape index (κ3) is 2.79. The van der Waals surface area contributed by atoms with Crippen molar-refractivity contribution in [2.75, 3.05) is 11.1 Å². The van der Waals surface area contributed by atoms with E-state index < -0.39 is 4.92 Å². The van der Waals surface area contributed by atoms with E-state index in [9.17, 15) is 10.1 Å². The molecule has 0 fully saturated rings. The van der Waals surface area contributed by atoms with Crippen LogP contribution in [0.25, 0.3) is 0 Å². The zero-order valence-electron chi connectivity index (χ0n) is 10.7. The Morgan fingerprint density at radius 2 is 1.95 bits per heavy atom. The SMILES string of the molecule is Cc1ccc(Nc2ccc([N+](=O)[O-])c(N)n2)cc1C. The second-order valence-corrected chi connectivity index (χ2v) is 4.28. The summed E-state index contributed by atoms with van der Waals surface area (Å²) in [6.45, 7) is 4.04. The molecule has 0 aliphatic heterocycles. The number of nitrogens with two attached hydrogens (primary N) is 1. The minimum Gasteiger partial charge on any atom is -0.378 e. The number of nitro groups is 1. The Morgan fingerprint density at radius 1 is 1.21 bits per heavy atom. The molecule has 0 aliphatic carbocycles. The summed E-state index contributed by atoms with van der Waals surface area (Å²) in [6.07, 6.45) is 0. The number of hydrogen-bond donors (Lipinski definition) is 2. The quantitative estimate of drug-likeness (QED) is 0.652. The van der Waals surface area contributed by atoms with Crippen molar-refractivity contribution in [1.82, 2.24) is 4.98 Å². The molecule has 0 spiro atoms. The largest absolute Gasteiger partial charge is 0.378 e. The highest BCUT2D eigenvalue weighted by Gasteiger charge is 2.12. The second kappa shape index (κ2) is 4.93. The summed E-state index contributed by atoms with van der Waals surface area (Å²) in [7, 11) is 0. The molecule has 1 aromatic heterocycles. The molecule has 1 aromatic carbocycles. The first-order valence-corrected chi connectivity index (χ1v) is 5.72. The van der Waals surface area contributed by atoms with Crippen molar-refractivity contribution in [1.29, 1.82) is 0 Å². The predicted molar refractivity (Wildman–Crippen MR) is 74.5 cm³/mol. The van der Waals surface area contributed by atoms with Gasteiger partial charge in [0.05, 0.1) is 4.92 Å². The van der Waals surface area contributed by atoms with Crippen LogP contribution in [0.5, 0.6) is 0 Å². The van der Waals surface area contributed by atoms with E-state index in [1.54, 1.807) is 0 Å². The fourth-order valence-electron chi connectivity index (χ4n) is 1.66. The van der Waals surface area contributed by atoms with E-state index in [0.717, 1.165) is 11.3 Å². The second-order valence-electron chi connectivity index (χ2n) is 4.28. The normalized spacial score (nSPS) is 10.2. The Hall–Kier alpha value is -2.63. The van der Waals surface area contributed by atoms with Gasteiger partial charge >= 0.3 is 5.69 Å². The molecular weight excluding hydrogens is 244 g/mol. The number of aryl methyl sites for hydroxylation is 2. The molecule has 2 aromatic rings. The maximum Gasteiger partial charge on any atom is 0.311 e. The first-order valence-electron chi connectivity index (χ1n) is 5.72. The molecule has 98 valence electrons. The van der Waals surface area contributed by atoms with Crippen molar-refractivity contribution in [3.05, 3.63) is 51.6 Å². The van der Waals surface area contributed by atoms with Gasteiger partial charge < -0.3 is 11.1 Å². The summed E-state index contributed by atoms with van der Waals surface area (Å²) in [5.41, 5.74) is 8.56. The lowest BCUT2D eigenvalue weighted by atomic mass is 10.1. The molecule has 19 heavy (non-hydrogen) atoms. The Kier molecular flexibility index (Phi) is 3.33. The number of benzene rings is 1. The van der Waals surface area contributed by atoms with Gasteiger partial charge in [0, 0.05) is 11.8 Å². The summed E-state index contributed by atoms with van der Waals surface area (Å²) >= 11 is 0. The lowest BCUT2D eigenvalue weighted by molar-refractivity contribution is -0.384. The molecule has 0 atom stereocenters. The number of aromatic nitrogens is 1. The van der Waals surface area contributed by atoms with Crippen LogP contribution in [0.4, 0.5) is 23.0 Å². The van der Waals surface area contributed by atoms with Gasteiger partial charge in [0.15, 0.2) is 0 Å². The highest BCUT2D eigenvalue weighted by Crippen LogP contribution is 2.23. The Labute approximate surface area is 110 Å². The summed E-state index contributed by atoms with van der Waals surface area (Å²) in [4.78, 5) is 14.1. The van der Waals surface area contributed by atoms with Gasteiger partial charge in [-0.25, -0.2) is 4.98 Å². The van der Waals surface area contributed by atoms with Crippen LogP contribution in [0.1, 0.15) is 11.1 Å². The van der Waals surface area contributed by atoms with Gasteiger partial charge in [-0.15, -0.1) is 0 Å². The average Bonchev–Trinajstić information content (AvgIpc) is 2.33. The number of anilines is 3. The van der Waals surface area contributed by atoms with Crippen molar-refractivity contribution >= 4 is 23.0 Å². The van der Waals surface area contributed by atoms with Crippen molar-refractivity contribution in [2.45, 2.75) is 13.8 Å². The highest BCUT2D eigenvalue weighted by atomic mass is 16.6. The molecule has 0 radical (unpaired) electrons. The predicted octanol–water partition coefficient (Wildman–Crippen LogP) is 2.93. The van der Waals surface area contributed by atoms with Gasteiger partial charge in [-0.3, -0.25) is 10.1 Å². The van der Waals surface area contributed by atoms with Crippen molar-refractivity contribution in [2.24, 2.45) is 0 Å². The number of nitrogens with one attached hydrogen (secondary N) is 1. The molecule has 0 saturated carbocycles. The smallest absolute Gasteiger partial charge is 0.311 e. The maximum absolute atomic E-state index is 10.6. The minimum atomic E-state index is -0.553. The van der Waals surface area contributed by atoms with E-state index in [4.69, 9.17) is 5.73 Å². The molecule has 6 heteroatoms. The van der Waals surface area contributed by atoms with Crippen LogP contribution in [0.2, 0.25) is 0 Å². The summed E-state index contributed by atoms with van der Waals surface area (Å²) in [5.74, 6) is 0.380. The summed E-state index contributed by atoms with van der Waals surface area (Å²) in [6, 6.07) is 8.76. The molecule has 1 heterocycles. The van der Waals surface area contributed by atoms with Gasteiger partial charge in [-0.05, 0) is 43.2 Å². The van der Waals surface area contributed by atoms with E-state index in [1.807, 2.05) is 32.0 Å². The van der Waals surface area contributed by atoms with Crippen LogP contribution in [0.15, 0.2) is 30.3 Å². The Morgan fingerprint density at radius 3 is 2.53 bits per heavy atom. The molecule has 0 aliphatic rings. The fraction of sp³-hybridized carbons (Fsp3) is 0.154. The van der Waals surface area contributed by atoms with E-state index in [0.29, 0.717) is 5.82 Å². The standard InChI is InChI=1S/C13H14N4O2/c1-8-3-4-10(7-9(8)2)15-12-6-5-11(17(18)19)13(14)16-12/h3-7H,1-2H3,(H3,14,15,16).